The van der Waals surface area contributed by atoms with E-state index in [-0.39, 0.29) is 0 Å². The molecule has 0 radical (unpaired) electrons. The molecule has 17 heavy (non-hydrogen) atoms. The highest BCUT2D eigenvalue weighted by Gasteiger charge is 2.24. The Kier molecular flexibility index (Phi) is 4.37. The van der Waals surface area contributed by atoms with Gasteiger partial charge in [-0.2, -0.15) is 0 Å². The van der Waals surface area contributed by atoms with Gasteiger partial charge < -0.3 is 5.73 Å². The third kappa shape index (κ3) is 3.41. The van der Waals surface area contributed by atoms with Crippen LogP contribution in [-0.2, 0) is 6.54 Å². The predicted molar refractivity (Wildman–Crippen MR) is 70.9 cm³/mol. The van der Waals surface area contributed by atoms with Crippen molar-refractivity contribution in [1.82, 2.24) is 9.88 Å². The fraction of sp³-hybridized carbons (Fsp3) is 0.615. The second-order valence-electron chi connectivity index (χ2n) is 4.91. The van der Waals surface area contributed by atoms with Crippen molar-refractivity contribution in [2.75, 3.05) is 13.1 Å². The Balaban J connectivity index is 2.01. The Morgan fingerprint density at radius 2 is 2.29 bits per heavy atom. The zero-order chi connectivity index (χ0) is 12.3. The third-order valence-electron chi connectivity index (χ3n) is 3.58. The molecule has 1 saturated heterocycles. The van der Waals surface area contributed by atoms with Gasteiger partial charge in [-0.15, -0.1) is 0 Å². The van der Waals surface area contributed by atoms with Crippen LogP contribution in [0.25, 0.3) is 0 Å². The van der Waals surface area contributed by atoms with Crippen LogP contribution >= 0.6 is 11.6 Å². The number of aromatic nitrogens is 1. The number of nitrogens with two attached hydrogens (primary N) is 1. The summed E-state index contributed by atoms with van der Waals surface area (Å²) < 4.78 is 0. The minimum absolute atomic E-state index is 0.572. The topological polar surface area (TPSA) is 42.1 Å². The fourth-order valence-electron chi connectivity index (χ4n) is 2.42. The lowest BCUT2D eigenvalue weighted by Gasteiger charge is -2.37. The molecule has 2 rings (SSSR count). The van der Waals surface area contributed by atoms with Crippen LogP contribution < -0.4 is 5.73 Å². The number of hydrogen-bond donors (Lipinski definition) is 1. The van der Waals surface area contributed by atoms with Gasteiger partial charge >= 0.3 is 0 Å². The van der Waals surface area contributed by atoms with Gasteiger partial charge in [-0.3, -0.25) is 4.90 Å². The van der Waals surface area contributed by atoms with Gasteiger partial charge in [-0.25, -0.2) is 4.98 Å². The summed E-state index contributed by atoms with van der Waals surface area (Å²) in [5.74, 6) is 0.630. The van der Waals surface area contributed by atoms with Gasteiger partial charge in [-0.1, -0.05) is 17.7 Å². The lowest BCUT2D eigenvalue weighted by atomic mass is 9.93. The monoisotopic (exact) mass is 253 g/mol. The second-order valence-corrected chi connectivity index (χ2v) is 5.30. The molecule has 1 aromatic heterocycles. The first-order valence-electron chi connectivity index (χ1n) is 6.24. The van der Waals surface area contributed by atoms with E-state index in [4.69, 9.17) is 17.3 Å². The number of hydrogen-bond acceptors (Lipinski definition) is 3. The van der Waals surface area contributed by atoms with E-state index in [2.05, 4.69) is 16.8 Å². The van der Waals surface area contributed by atoms with E-state index in [1.54, 1.807) is 0 Å². The van der Waals surface area contributed by atoms with E-state index in [0.717, 1.165) is 25.3 Å². The maximum atomic E-state index is 5.91. The summed E-state index contributed by atoms with van der Waals surface area (Å²) in [5, 5.41) is 0.572. The molecule has 0 aliphatic carbocycles. The molecule has 2 N–H and O–H groups in total. The van der Waals surface area contributed by atoms with Gasteiger partial charge in [0, 0.05) is 19.1 Å². The quantitative estimate of drug-likeness (QED) is 0.841. The van der Waals surface area contributed by atoms with Gasteiger partial charge in [0.05, 0.1) is 5.69 Å². The van der Waals surface area contributed by atoms with Gasteiger partial charge in [0.25, 0.3) is 0 Å². The summed E-state index contributed by atoms with van der Waals surface area (Å²) >= 11 is 5.91. The molecule has 0 amide bonds. The Hall–Kier alpha value is -0.640. The molecule has 3 nitrogen and oxygen atoms in total. The van der Waals surface area contributed by atoms with Crippen molar-refractivity contribution < 1.29 is 0 Å². The first kappa shape index (κ1) is 12.8. The van der Waals surface area contributed by atoms with E-state index in [1.165, 1.54) is 12.8 Å². The summed E-state index contributed by atoms with van der Waals surface area (Å²) in [6, 6.07) is 6.41. The first-order valence-corrected chi connectivity index (χ1v) is 6.62. The highest BCUT2D eigenvalue weighted by molar-refractivity contribution is 6.29. The summed E-state index contributed by atoms with van der Waals surface area (Å²) in [6.07, 6.45) is 2.47. The molecule has 2 unspecified atom stereocenters. The first-order chi connectivity index (χ1) is 8.19. The Morgan fingerprint density at radius 1 is 1.47 bits per heavy atom. The molecule has 0 saturated carbocycles. The number of pyridine rings is 1. The maximum Gasteiger partial charge on any atom is 0.129 e. The van der Waals surface area contributed by atoms with Crippen LogP contribution in [0.1, 0.15) is 25.5 Å². The lowest BCUT2D eigenvalue weighted by Crippen LogP contribution is -2.43. The molecule has 0 spiro atoms. The molecule has 4 heteroatoms. The van der Waals surface area contributed by atoms with Crippen molar-refractivity contribution in [2.24, 2.45) is 11.7 Å². The molecule has 0 bridgehead atoms. The normalized spacial score (nSPS) is 26.1. The van der Waals surface area contributed by atoms with Crippen LogP contribution in [0, 0.1) is 5.92 Å². The van der Waals surface area contributed by atoms with E-state index in [0.29, 0.717) is 17.1 Å². The predicted octanol–water partition coefficient (Wildman–Crippen LogP) is 2.29. The molecule has 1 fully saturated rings. The van der Waals surface area contributed by atoms with Gasteiger partial charge in [0.2, 0.25) is 0 Å². The largest absolute Gasteiger partial charge is 0.330 e. The van der Waals surface area contributed by atoms with Crippen LogP contribution in [0.15, 0.2) is 18.2 Å². The molecule has 1 aromatic rings. The van der Waals surface area contributed by atoms with Gasteiger partial charge in [0.15, 0.2) is 0 Å². The van der Waals surface area contributed by atoms with Crippen molar-refractivity contribution in [1.29, 1.82) is 0 Å². The summed E-state index contributed by atoms with van der Waals surface area (Å²) in [7, 11) is 0. The number of halogens is 1. The number of rotatable bonds is 3. The summed E-state index contributed by atoms with van der Waals surface area (Å²) in [4.78, 5) is 6.80. The van der Waals surface area contributed by atoms with Crippen molar-refractivity contribution in [2.45, 2.75) is 32.4 Å². The molecule has 1 aliphatic heterocycles. The fourth-order valence-corrected chi connectivity index (χ4v) is 2.60. The third-order valence-corrected chi connectivity index (χ3v) is 3.79. The number of nitrogens with zero attached hydrogens (tertiary/aromatic N) is 2. The second kappa shape index (κ2) is 5.80. The van der Waals surface area contributed by atoms with E-state index in [1.807, 2.05) is 18.2 Å². The zero-order valence-corrected chi connectivity index (χ0v) is 11.0. The molecule has 1 aliphatic rings. The van der Waals surface area contributed by atoms with Crippen molar-refractivity contribution in [3.05, 3.63) is 29.0 Å². The van der Waals surface area contributed by atoms with Crippen LogP contribution in [0.3, 0.4) is 0 Å². The number of likely N-dealkylation sites (tertiary alicyclic amines) is 1. The SMILES string of the molecule is CC1CCC(CN)CN1Cc1cccc(Cl)n1. The molecule has 94 valence electrons. The number of piperidine rings is 1. The zero-order valence-electron chi connectivity index (χ0n) is 10.3. The lowest BCUT2D eigenvalue weighted by molar-refractivity contribution is 0.112. The smallest absolute Gasteiger partial charge is 0.129 e. The van der Waals surface area contributed by atoms with Crippen LogP contribution in [0.4, 0.5) is 0 Å². The van der Waals surface area contributed by atoms with Crippen LogP contribution in [0.2, 0.25) is 5.15 Å². The van der Waals surface area contributed by atoms with Crippen molar-refractivity contribution >= 4 is 11.6 Å². The van der Waals surface area contributed by atoms with E-state index >= 15 is 0 Å². The molecule has 0 aromatic carbocycles. The van der Waals surface area contributed by atoms with Crippen LogP contribution in [0.5, 0.6) is 0 Å². The minimum atomic E-state index is 0.572. The molecule has 2 atom stereocenters. The van der Waals surface area contributed by atoms with Crippen molar-refractivity contribution in [3.63, 3.8) is 0 Å². The minimum Gasteiger partial charge on any atom is -0.330 e. The average Bonchev–Trinajstić information content (AvgIpc) is 2.32. The Morgan fingerprint density at radius 3 is 3.00 bits per heavy atom. The van der Waals surface area contributed by atoms with Gasteiger partial charge in [-0.05, 0) is 44.4 Å². The standard InChI is InChI=1S/C13H20ClN3/c1-10-5-6-11(7-15)8-17(10)9-12-3-2-4-13(14)16-12/h2-4,10-11H,5-9,15H2,1H3. The Bertz CT molecular complexity index is 369. The Labute approximate surface area is 108 Å². The highest BCUT2D eigenvalue weighted by Crippen LogP contribution is 2.22. The van der Waals surface area contributed by atoms with Gasteiger partial charge in [0.1, 0.15) is 5.15 Å². The average molecular weight is 254 g/mol. The molecule has 2 heterocycles. The van der Waals surface area contributed by atoms with E-state index < -0.39 is 0 Å². The molecular formula is C13H20ClN3. The maximum absolute atomic E-state index is 5.91. The van der Waals surface area contributed by atoms with Crippen molar-refractivity contribution in [3.8, 4) is 0 Å². The summed E-state index contributed by atoms with van der Waals surface area (Å²) in [6.45, 7) is 5.01. The van der Waals surface area contributed by atoms with E-state index in [9.17, 15) is 0 Å². The molecular weight excluding hydrogens is 234 g/mol. The summed E-state index contributed by atoms with van der Waals surface area (Å²) in [5.41, 5.74) is 6.81. The highest BCUT2D eigenvalue weighted by atomic mass is 35.5. The van der Waals surface area contributed by atoms with Crippen LogP contribution in [-0.4, -0.2) is 29.0 Å².